The molecule has 2 bridgehead atoms. The molecule has 0 radical (unpaired) electrons. The van der Waals surface area contributed by atoms with Crippen LogP contribution in [0.25, 0.3) is 0 Å². The zero-order valence-electron chi connectivity index (χ0n) is 21.4. The van der Waals surface area contributed by atoms with Crippen molar-refractivity contribution in [2.24, 2.45) is 11.8 Å². The predicted molar refractivity (Wildman–Crippen MR) is 142 cm³/mol. The normalized spacial score (nSPS) is 28.5. The van der Waals surface area contributed by atoms with Gasteiger partial charge in [0.2, 0.25) is 17.7 Å². The Kier molecular flexibility index (Phi) is 6.08. The number of halogens is 1. The van der Waals surface area contributed by atoms with Crippen molar-refractivity contribution in [2.45, 2.75) is 44.2 Å². The number of carbonyl (C=O) groups is 3. The number of ether oxygens (including phenoxy) is 1. The summed E-state index contributed by atoms with van der Waals surface area (Å²) in [6.07, 6.45) is 3.58. The van der Waals surface area contributed by atoms with Gasteiger partial charge in [-0.1, -0.05) is 71.4 Å². The molecule has 0 saturated carbocycles. The third kappa shape index (κ3) is 4.22. The third-order valence-electron chi connectivity index (χ3n) is 7.78. The number of benzene rings is 2. The van der Waals surface area contributed by atoms with Gasteiger partial charge in [-0.2, -0.15) is 0 Å². The lowest BCUT2D eigenvalue weighted by atomic mass is 9.70. The molecule has 4 heterocycles. The topological polar surface area (TPSA) is 114 Å². The molecular weight excluding hydrogens is 520 g/mol. The second kappa shape index (κ2) is 9.36. The van der Waals surface area contributed by atoms with Gasteiger partial charge in [0.15, 0.2) is 5.82 Å². The van der Waals surface area contributed by atoms with E-state index in [2.05, 4.69) is 15.8 Å². The Hall–Kier alpha value is -3.95. The highest BCUT2D eigenvalue weighted by molar-refractivity contribution is 6.30. The number of rotatable bonds is 7. The Labute approximate surface area is 230 Å². The number of nitrogens with one attached hydrogen (secondary N) is 2. The van der Waals surface area contributed by atoms with Crippen LogP contribution >= 0.6 is 11.6 Å². The molecule has 39 heavy (non-hydrogen) atoms. The minimum absolute atomic E-state index is 0.155. The van der Waals surface area contributed by atoms with Gasteiger partial charge in [-0.3, -0.25) is 14.4 Å². The zero-order valence-corrected chi connectivity index (χ0v) is 22.1. The molecule has 5 atom stereocenters. The first-order valence-corrected chi connectivity index (χ1v) is 13.1. The second-order valence-electron chi connectivity index (χ2n) is 10.4. The average Bonchev–Trinajstić information content (AvgIpc) is 3.62. The van der Waals surface area contributed by atoms with Crippen LogP contribution in [0.5, 0.6) is 0 Å². The molecular formula is C29H27ClN4O5. The van der Waals surface area contributed by atoms with Crippen LogP contribution in [0.15, 0.2) is 77.3 Å². The minimum atomic E-state index is -1.30. The maximum absolute atomic E-state index is 14.1. The van der Waals surface area contributed by atoms with Crippen molar-refractivity contribution >= 4 is 35.1 Å². The maximum atomic E-state index is 14.1. The Morgan fingerprint density at radius 1 is 1.05 bits per heavy atom. The molecule has 1 aromatic heterocycles. The number of nitrogens with zero attached hydrogens (tertiary/aromatic N) is 2. The Balaban J connectivity index is 1.35. The van der Waals surface area contributed by atoms with Gasteiger partial charge >= 0.3 is 0 Å². The number of aryl methyl sites for hydroxylation is 1. The van der Waals surface area contributed by atoms with Gasteiger partial charge in [0.1, 0.15) is 17.4 Å². The fourth-order valence-corrected chi connectivity index (χ4v) is 6.22. The molecule has 2 saturated heterocycles. The summed E-state index contributed by atoms with van der Waals surface area (Å²) >= 11 is 6.07. The smallest absolute Gasteiger partial charge is 0.246 e. The monoisotopic (exact) mass is 546 g/mol. The third-order valence-corrected chi connectivity index (χ3v) is 8.03. The molecule has 3 amide bonds. The number of likely N-dealkylation sites (tertiary alicyclic amines) is 1. The quantitative estimate of drug-likeness (QED) is 0.437. The number of amides is 3. The maximum Gasteiger partial charge on any atom is 0.246 e. The van der Waals surface area contributed by atoms with Crippen LogP contribution < -0.4 is 10.6 Å². The summed E-state index contributed by atoms with van der Waals surface area (Å²) in [7, 11) is 0. The summed E-state index contributed by atoms with van der Waals surface area (Å²) < 4.78 is 11.6. The standard InChI is InChI=1S/C29H27ClN4O5/c1-17-14-21(33-38-17)32-25(35)22-23-27(37)34(16-19-8-10-20(30)11-9-19)24(29(23)13-12-28(22,2)39-29)26(36)31-15-18-6-4-3-5-7-18/h3-14,22-24H,15-16H2,1-2H3,(H,31,36)(H,32,33,35). The van der Waals surface area contributed by atoms with Crippen molar-refractivity contribution in [3.8, 4) is 0 Å². The minimum Gasteiger partial charge on any atom is -0.360 e. The predicted octanol–water partition coefficient (Wildman–Crippen LogP) is 3.63. The molecule has 3 aromatic rings. The molecule has 10 heteroatoms. The van der Waals surface area contributed by atoms with E-state index in [1.54, 1.807) is 44.2 Å². The van der Waals surface area contributed by atoms with Crippen molar-refractivity contribution in [1.29, 1.82) is 0 Å². The van der Waals surface area contributed by atoms with Gasteiger partial charge in [-0.05, 0) is 37.1 Å². The van der Waals surface area contributed by atoms with E-state index in [0.717, 1.165) is 11.1 Å². The lowest BCUT2D eigenvalue weighted by molar-refractivity contribution is -0.144. The van der Waals surface area contributed by atoms with Gasteiger partial charge in [-0.15, -0.1) is 0 Å². The number of hydrogen-bond donors (Lipinski definition) is 2. The van der Waals surface area contributed by atoms with Crippen molar-refractivity contribution < 1.29 is 23.6 Å². The van der Waals surface area contributed by atoms with Crippen LogP contribution in [-0.2, 0) is 32.2 Å². The summed E-state index contributed by atoms with van der Waals surface area (Å²) in [6.45, 7) is 3.93. The molecule has 0 aliphatic carbocycles. The molecule has 2 aromatic carbocycles. The summed E-state index contributed by atoms with van der Waals surface area (Å²) in [5.41, 5.74) is -0.657. The van der Waals surface area contributed by atoms with E-state index in [9.17, 15) is 14.4 Å². The van der Waals surface area contributed by atoms with E-state index in [0.29, 0.717) is 10.8 Å². The lowest BCUT2D eigenvalue weighted by Gasteiger charge is -2.33. The fourth-order valence-electron chi connectivity index (χ4n) is 6.10. The van der Waals surface area contributed by atoms with Gasteiger partial charge in [0.05, 0.1) is 17.4 Å². The highest BCUT2D eigenvalue weighted by Gasteiger charge is 2.76. The van der Waals surface area contributed by atoms with Crippen LogP contribution in [0.3, 0.4) is 0 Å². The van der Waals surface area contributed by atoms with Crippen LogP contribution in [-0.4, -0.2) is 45.0 Å². The summed E-state index contributed by atoms with van der Waals surface area (Å²) in [6, 6.07) is 17.2. The van der Waals surface area contributed by atoms with Gasteiger partial charge in [-0.25, -0.2) is 0 Å². The molecule has 200 valence electrons. The highest BCUT2D eigenvalue weighted by Crippen LogP contribution is 2.60. The largest absolute Gasteiger partial charge is 0.360 e. The van der Waals surface area contributed by atoms with Gasteiger partial charge < -0.3 is 24.8 Å². The van der Waals surface area contributed by atoms with E-state index in [1.165, 1.54) is 4.90 Å². The number of carbonyl (C=O) groups excluding carboxylic acids is 3. The number of fused-ring (bicyclic) bond motifs is 1. The van der Waals surface area contributed by atoms with Crippen LogP contribution in [0, 0.1) is 18.8 Å². The van der Waals surface area contributed by atoms with Crippen LogP contribution in [0.1, 0.15) is 23.8 Å². The van der Waals surface area contributed by atoms with Crippen molar-refractivity contribution in [3.05, 3.63) is 94.7 Å². The number of hydrogen-bond acceptors (Lipinski definition) is 6. The molecule has 3 aliphatic heterocycles. The first kappa shape index (κ1) is 25.3. The van der Waals surface area contributed by atoms with Gasteiger partial charge in [0.25, 0.3) is 0 Å². The van der Waals surface area contributed by atoms with E-state index < -0.39 is 35.0 Å². The molecule has 9 nitrogen and oxygen atoms in total. The molecule has 3 aliphatic rings. The number of anilines is 1. The SMILES string of the molecule is Cc1cc(NC(=O)C2C3C(=O)N(Cc4ccc(Cl)cc4)C(C(=O)NCc4ccccc4)C34C=CC2(C)O4)no1. The molecule has 6 rings (SSSR count). The van der Waals surface area contributed by atoms with E-state index in [-0.39, 0.29) is 30.7 Å². The highest BCUT2D eigenvalue weighted by atomic mass is 35.5. The summed E-state index contributed by atoms with van der Waals surface area (Å²) in [4.78, 5) is 43.1. The van der Waals surface area contributed by atoms with Crippen LogP contribution in [0.4, 0.5) is 5.82 Å². The van der Waals surface area contributed by atoms with E-state index in [4.69, 9.17) is 20.9 Å². The Morgan fingerprint density at radius 2 is 1.79 bits per heavy atom. The van der Waals surface area contributed by atoms with E-state index >= 15 is 0 Å². The fraction of sp³-hybridized carbons (Fsp3) is 0.310. The van der Waals surface area contributed by atoms with Crippen molar-refractivity contribution in [2.75, 3.05) is 5.32 Å². The van der Waals surface area contributed by atoms with Crippen molar-refractivity contribution in [3.63, 3.8) is 0 Å². The Morgan fingerprint density at radius 3 is 2.49 bits per heavy atom. The first-order chi connectivity index (χ1) is 18.7. The summed E-state index contributed by atoms with van der Waals surface area (Å²) in [5, 5.41) is 10.2. The lowest BCUT2D eigenvalue weighted by Crippen LogP contribution is -2.54. The second-order valence-corrected chi connectivity index (χ2v) is 10.9. The molecule has 2 N–H and O–H groups in total. The van der Waals surface area contributed by atoms with Gasteiger partial charge in [0, 0.05) is 24.2 Å². The van der Waals surface area contributed by atoms with E-state index in [1.807, 2.05) is 42.5 Å². The summed E-state index contributed by atoms with van der Waals surface area (Å²) in [5.74, 6) is -2.10. The van der Waals surface area contributed by atoms with Crippen LogP contribution in [0.2, 0.25) is 5.02 Å². The number of aromatic nitrogens is 1. The molecule has 5 unspecified atom stereocenters. The molecule has 2 fully saturated rings. The first-order valence-electron chi connectivity index (χ1n) is 12.7. The average molecular weight is 547 g/mol. The Bertz CT molecular complexity index is 1470. The van der Waals surface area contributed by atoms with Crippen molar-refractivity contribution in [1.82, 2.24) is 15.4 Å². The molecule has 1 spiro atoms. The zero-order chi connectivity index (χ0) is 27.4.